The predicted molar refractivity (Wildman–Crippen MR) is 82.2 cm³/mol. The Labute approximate surface area is 126 Å². The van der Waals surface area contributed by atoms with Gasteiger partial charge in [-0.2, -0.15) is 0 Å². The minimum absolute atomic E-state index is 0.226. The second kappa shape index (κ2) is 6.06. The molecule has 2 aliphatic heterocycles. The molecule has 2 heterocycles. The monoisotopic (exact) mass is 288 g/mol. The van der Waals surface area contributed by atoms with Crippen LogP contribution in [0.25, 0.3) is 0 Å². The maximum Gasteiger partial charge on any atom is 0.222 e. The number of carbonyl (C=O) groups is 1. The fourth-order valence-corrected chi connectivity index (χ4v) is 3.69. The molecular formula is C17H24N2O2. The van der Waals surface area contributed by atoms with Crippen molar-refractivity contribution in [1.29, 1.82) is 0 Å². The predicted octanol–water partition coefficient (Wildman–Crippen LogP) is 1.93. The zero-order chi connectivity index (χ0) is 14.7. The lowest BCUT2D eigenvalue weighted by atomic mass is 9.79. The summed E-state index contributed by atoms with van der Waals surface area (Å²) >= 11 is 0. The number of phenols is 1. The van der Waals surface area contributed by atoms with E-state index >= 15 is 0 Å². The van der Waals surface area contributed by atoms with Gasteiger partial charge in [0, 0.05) is 31.5 Å². The number of aromatic hydroxyl groups is 1. The van der Waals surface area contributed by atoms with Gasteiger partial charge >= 0.3 is 0 Å². The molecule has 0 bridgehead atoms. The quantitative estimate of drug-likeness (QED) is 0.893. The molecule has 0 aromatic heterocycles. The van der Waals surface area contributed by atoms with Crippen molar-refractivity contribution < 1.29 is 9.90 Å². The van der Waals surface area contributed by atoms with E-state index in [0.717, 1.165) is 38.2 Å². The first kappa shape index (κ1) is 14.4. The highest BCUT2D eigenvalue weighted by Gasteiger charge is 2.39. The Morgan fingerprint density at radius 3 is 2.95 bits per heavy atom. The lowest BCUT2D eigenvalue weighted by Gasteiger charge is -2.40. The average molecular weight is 288 g/mol. The largest absolute Gasteiger partial charge is 0.508 e. The summed E-state index contributed by atoms with van der Waals surface area (Å²) in [5, 5.41) is 13.2. The van der Waals surface area contributed by atoms with Crippen LogP contribution in [0.2, 0.25) is 0 Å². The van der Waals surface area contributed by atoms with Crippen LogP contribution in [0, 0.1) is 5.41 Å². The van der Waals surface area contributed by atoms with Crippen molar-refractivity contribution in [2.24, 2.45) is 5.41 Å². The fourth-order valence-electron chi connectivity index (χ4n) is 3.69. The van der Waals surface area contributed by atoms with Crippen LogP contribution in [0.15, 0.2) is 24.3 Å². The van der Waals surface area contributed by atoms with Crippen LogP contribution in [-0.4, -0.2) is 42.1 Å². The van der Waals surface area contributed by atoms with E-state index in [2.05, 4.69) is 5.32 Å². The van der Waals surface area contributed by atoms with Crippen LogP contribution in [0.1, 0.15) is 31.2 Å². The molecule has 2 aliphatic rings. The first-order valence-electron chi connectivity index (χ1n) is 7.94. The van der Waals surface area contributed by atoms with Crippen molar-refractivity contribution in [1.82, 2.24) is 10.2 Å². The Hall–Kier alpha value is -1.55. The molecule has 4 heteroatoms. The summed E-state index contributed by atoms with van der Waals surface area (Å²) in [6.45, 7) is 3.93. The van der Waals surface area contributed by atoms with Crippen molar-refractivity contribution in [3.8, 4) is 5.75 Å². The van der Waals surface area contributed by atoms with E-state index in [9.17, 15) is 9.90 Å². The number of benzene rings is 1. The molecule has 1 aromatic carbocycles. The van der Waals surface area contributed by atoms with Crippen LogP contribution in [0.5, 0.6) is 5.75 Å². The summed E-state index contributed by atoms with van der Waals surface area (Å²) in [5.41, 5.74) is 1.18. The molecule has 2 N–H and O–H groups in total. The molecule has 1 aromatic rings. The molecular weight excluding hydrogens is 264 g/mol. The molecule has 0 radical (unpaired) electrons. The van der Waals surface area contributed by atoms with E-state index in [1.807, 2.05) is 23.1 Å². The molecule has 0 unspecified atom stereocenters. The number of amides is 1. The highest BCUT2D eigenvalue weighted by molar-refractivity contribution is 5.76. The number of nitrogens with one attached hydrogen (secondary N) is 1. The van der Waals surface area contributed by atoms with Gasteiger partial charge in [0.2, 0.25) is 5.91 Å². The third kappa shape index (κ3) is 3.21. The summed E-state index contributed by atoms with van der Waals surface area (Å²) in [6, 6.07) is 7.28. The second-order valence-corrected chi connectivity index (χ2v) is 6.47. The zero-order valence-corrected chi connectivity index (χ0v) is 12.5. The van der Waals surface area contributed by atoms with E-state index in [1.165, 1.54) is 12.8 Å². The summed E-state index contributed by atoms with van der Waals surface area (Å²) in [7, 11) is 0. The third-order valence-corrected chi connectivity index (χ3v) is 4.95. The zero-order valence-electron chi connectivity index (χ0n) is 12.5. The average Bonchev–Trinajstić information content (AvgIpc) is 2.94. The van der Waals surface area contributed by atoms with Crippen LogP contribution in [-0.2, 0) is 11.2 Å². The Balaban J connectivity index is 1.57. The number of hydrogen-bond acceptors (Lipinski definition) is 3. The van der Waals surface area contributed by atoms with Crippen molar-refractivity contribution in [2.75, 3.05) is 26.2 Å². The van der Waals surface area contributed by atoms with Crippen molar-refractivity contribution in [2.45, 2.75) is 32.1 Å². The number of rotatable bonds is 3. The Kier molecular flexibility index (Phi) is 4.15. The van der Waals surface area contributed by atoms with Gasteiger partial charge in [0.1, 0.15) is 5.75 Å². The highest BCUT2D eigenvalue weighted by atomic mass is 16.3. The molecule has 21 heavy (non-hydrogen) atoms. The van der Waals surface area contributed by atoms with Gasteiger partial charge in [-0.1, -0.05) is 18.2 Å². The van der Waals surface area contributed by atoms with Gasteiger partial charge in [-0.25, -0.2) is 0 Å². The first-order chi connectivity index (χ1) is 10.2. The van der Waals surface area contributed by atoms with E-state index in [4.69, 9.17) is 0 Å². The molecule has 2 saturated heterocycles. The van der Waals surface area contributed by atoms with Crippen molar-refractivity contribution >= 4 is 5.91 Å². The van der Waals surface area contributed by atoms with Crippen molar-refractivity contribution in [3.63, 3.8) is 0 Å². The summed E-state index contributed by atoms with van der Waals surface area (Å²) < 4.78 is 0. The first-order valence-corrected chi connectivity index (χ1v) is 7.94. The summed E-state index contributed by atoms with van der Waals surface area (Å²) in [4.78, 5) is 14.5. The Morgan fingerprint density at radius 1 is 1.33 bits per heavy atom. The second-order valence-electron chi connectivity index (χ2n) is 6.47. The number of aryl methyl sites for hydroxylation is 1. The SMILES string of the molecule is O=C(CCc1ccccc1O)N1CCC[C@@]2(CCNC2)C1. The van der Waals surface area contributed by atoms with Gasteiger partial charge in [0.05, 0.1) is 0 Å². The van der Waals surface area contributed by atoms with Gasteiger partial charge in [-0.3, -0.25) is 4.79 Å². The standard InChI is InChI=1S/C17H24N2O2/c20-15-5-2-1-4-14(15)6-7-16(21)19-11-3-8-17(13-19)9-10-18-12-17/h1-2,4-5,18,20H,3,6-13H2/t17-/m0/s1. The highest BCUT2D eigenvalue weighted by Crippen LogP contribution is 2.35. The maximum absolute atomic E-state index is 12.4. The number of carbonyl (C=O) groups excluding carboxylic acids is 1. The summed E-state index contributed by atoms with van der Waals surface area (Å²) in [6.07, 6.45) is 4.65. The molecule has 4 nitrogen and oxygen atoms in total. The molecule has 0 saturated carbocycles. The lowest BCUT2D eigenvalue weighted by Crippen LogP contribution is -2.47. The minimum Gasteiger partial charge on any atom is -0.508 e. The topological polar surface area (TPSA) is 52.6 Å². The van der Waals surface area contributed by atoms with Gasteiger partial charge in [0.15, 0.2) is 0 Å². The van der Waals surface area contributed by atoms with Gasteiger partial charge in [-0.15, -0.1) is 0 Å². The lowest BCUT2D eigenvalue weighted by molar-refractivity contribution is -0.134. The molecule has 2 fully saturated rings. The Morgan fingerprint density at radius 2 is 2.19 bits per heavy atom. The number of nitrogens with zero attached hydrogens (tertiary/aromatic N) is 1. The smallest absolute Gasteiger partial charge is 0.222 e. The number of para-hydroxylation sites is 1. The molecule has 1 amide bonds. The minimum atomic E-state index is 0.226. The molecule has 114 valence electrons. The van der Waals surface area contributed by atoms with Crippen LogP contribution >= 0.6 is 0 Å². The Bertz CT molecular complexity index is 509. The number of piperidine rings is 1. The molecule has 1 atom stereocenters. The maximum atomic E-state index is 12.4. The van der Waals surface area contributed by atoms with Gasteiger partial charge < -0.3 is 15.3 Å². The third-order valence-electron chi connectivity index (χ3n) is 4.95. The van der Waals surface area contributed by atoms with E-state index in [0.29, 0.717) is 24.0 Å². The normalized spacial score (nSPS) is 25.4. The van der Waals surface area contributed by atoms with Gasteiger partial charge in [0.25, 0.3) is 0 Å². The van der Waals surface area contributed by atoms with E-state index in [-0.39, 0.29) is 5.91 Å². The number of hydrogen-bond donors (Lipinski definition) is 2. The number of likely N-dealkylation sites (tertiary alicyclic amines) is 1. The van der Waals surface area contributed by atoms with E-state index in [1.54, 1.807) is 6.07 Å². The van der Waals surface area contributed by atoms with Crippen LogP contribution in [0.4, 0.5) is 0 Å². The number of phenolic OH excluding ortho intramolecular Hbond substituents is 1. The summed E-state index contributed by atoms with van der Waals surface area (Å²) in [5.74, 6) is 0.518. The van der Waals surface area contributed by atoms with E-state index < -0.39 is 0 Å². The fraction of sp³-hybridized carbons (Fsp3) is 0.588. The molecule has 1 spiro atoms. The van der Waals surface area contributed by atoms with Crippen LogP contribution < -0.4 is 5.32 Å². The molecule has 3 rings (SSSR count). The molecule has 0 aliphatic carbocycles. The van der Waals surface area contributed by atoms with Crippen LogP contribution in [0.3, 0.4) is 0 Å². The van der Waals surface area contributed by atoms with Gasteiger partial charge in [-0.05, 0) is 43.9 Å². The van der Waals surface area contributed by atoms with Crippen molar-refractivity contribution in [3.05, 3.63) is 29.8 Å².